The van der Waals surface area contributed by atoms with E-state index in [1.807, 2.05) is 0 Å². The molecule has 1 atom stereocenters. The summed E-state index contributed by atoms with van der Waals surface area (Å²) >= 11 is 11.6. The van der Waals surface area contributed by atoms with Gasteiger partial charge in [-0.3, -0.25) is 9.59 Å². The highest BCUT2D eigenvalue weighted by molar-refractivity contribution is 6.35. The van der Waals surface area contributed by atoms with Gasteiger partial charge in [-0.25, -0.2) is 0 Å². The van der Waals surface area contributed by atoms with E-state index in [2.05, 4.69) is 11.9 Å². The molecule has 1 aromatic rings. The number of amides is 1. The minimum absolute atomic E-state index is 0.258. The fraction of sp³-hybridized carbons (Fsp3) is 0.231. The Kier molecular flexibility index (Phi) is 5.86. The maximum absolute atomic E-state index is 12.0. The smallest absolute Gasteiger partial charge is 0.304 e. The van der Waals surface area contributed by atoms with Crippen LogP contribution in [-0.4, -0.2) is 17.0 Å². The van der Waals surface area contributed by atoms with Crippen molar-refractivity contribution in [2.75, 3.05) is 5.32 Å². The van der Waals surface area contributed by atoms with Crippen molar-refractivity contribution < 1.29 is 14.7 Å². The normalized spacial score (nSPS) is 11.7. The number of aliphatic carboxylic acids is 1. The summed E-state index contributed by atoms with van der Waals surface area (Å²) in [6, 6.07) is 4.62. The predicted octanol–water partition coefficient (Wildman–Crippen LogP) is 3.60. The van der Waals surface area contributed by atoms with Crippen molar-refractivity contribution in [3.63, 3.8) is 0 Å². The molecule has 1 amide bonds. The van der Waals surface area contributed by atoms with Gasteiger partial charge in [0.15, 0.2) is 0 Å². The molecule has 0 aromatic heterocycles. The molecule has 102 valence electrons. The van der Waals surface area contributed by atoms with Crippen molar-refractivity contribution in [2.45, 2.75) is 12.8 Å². The summed E-state index contributed by atoms with van der Waals surface area (Å²) < 4.78 is 0. The van der Waals surface area contributed by atoms with Gasteiger partial charge >= 0.3 is 5.97 Å². The van der Waals surface area contributed by atoms with Crippen molar-refractivity contribution in [3.8, 4) is 0 Å². The van der Waals surface area contributed by atoms with E-state index >= 15 is 0 Å². The quantitative estimate of drug-likeness (QED) is 0.789. The summed E-state index contributed by atoms with van der Waals surface area (Å²) in [4.78, 5) is 22.6. The van der Waals surface area contributed by atoms with Crippen molar-refractivity contribution in [1.29, 1.82) is 0 Å². The van der Waals surface area contributed by atoms with E-state index in [1.54, 1.807) is 0 Å². The first-order chi connectivity index (χ1) is 8.92. The van der Waals surface area contributed by atoms with Crippen LogP contribution < -0.4 is 5.32 Å². The highest BCUT2D eigenvalue weighted by Crippen LogP contribution is 2.23. The van der Waals surface area contributed by atoms with E-state index in [9.17, 15) is 9.59 Å². The second kappa shape index (κ2) is 7.16. The van der Waals surface area contributed by atoms with E-state index in [-0.39, 0.29) is 12.8 Å². The maximum atomic E-state index is 12.0. The number of carboxylic acid groups (broad SMARTS) is 1. The molecule has 0 heterocycles. The van der Waals surface area contributed by atoms with Gasteiger partial charge < -0.3 is 10.4 Å². The molecule has 4 nitrogen and oxygen atoms in total. The molecular formula is C13H13Cl2NO3. The zero-order valence-corrected chi connectivity index (χ0v) is 11.5. The van der Waals surface area contributed by atoms with E-state index in [4.69, 9.17) is 28.3 Å². The average Bonchev–Trinajstić information content (AvgIpc) is 2.26. The lowest BCUT2D eigenvalue weighted by Crippen LogP contribution is -2.24. The number of nitrogens with one attached hydrogen (secondary N) is 1. The fourth-order valence-electron chi connectivity index (χ4n) is 1.57. The van der Waals surface area contributed by atoms with Gasteiger partial charge in [-0.15, -0.1) is 6.58 Å². The summed E-state index contributed by atoms with van der Waals surface area (Å²) in [6.07, 6.45) is 1.54. The first kappa shape index (κ1) is 15.5. The van der Waals surface area contributed by atoms with Gasteiger partial charge in [0, 0.05) is 15.7 Å². The number of hydrogen-bond donors (Lipinski definition) is 2. The topological polar surface area (TPSA) is 66.4 Å². The molecule has 0 aliphatic heterocycles. The standard InChI is InChI=1S/C13H13Cl2NO3/c1-2-3-8(4-12(17)18)13(19)16-11-6-9(14)5-10(15)7-11/h2,5-8H,1,3-4H2,(H,16,19)(H,17,18). The van der Waals surface area contributed by atoms with Crippen LogP contribution in [0.3, 0.4) is 0 Å². The van der Waals surface area contributed by atoms with Crippen molar-refractivity contribution >= 4 is 40.8 Å². The highest BCUT2D eigenvalue weighted by Gasteiger charge is 2.20. The lowest BCUT2D eigenvalue weighted by Gasteiger charge is -2.13. The third-order valence-corrected chi connectivity index (χ3v) is 2.81. The van der Waals surface area contributed by atoms with Crippen LogP contribution in [0.25, 0.3) is 0 Å². The van der Waals surface area contributed by atoms with E-state index in [0.29, 0.717) is 15.7 Å². The van der Waals surface area contributed by atoms with Gasteiger partial charge in [-0.2, -0.15) is 0 Å². The molecule has 6 heteroatoms. The number of hydrogen-bond acceptors (Lipinski definition) is 2. The van der Waals surface area contributed by atoms with Gasteiger partial charge in [0.1, 0.15) is 0 Å². The molecular weight excluding hydrogens is 289 g/mol. The Morgan fingerprint density at radius 2 is 1.89 bits per heavy atom. The number of benzene rings is 1. The van der Waals surface area contributed by atoms with Crippen LogP contribution in [-0.2, 0) is 9.59 Å². The number of halogens is 2. The van der Waals surface area contributed by atoms with Crippen LogP contribution in [0.5, 0.6) is 0 Å². The molecule has 0 bridgehead atoms. The zero-order chi connectivity index (χ0) is 14.4. The van der Waals surface area contributed by atoms with Gasteiger partial charge in [0.2, 0.25) is 5.91 Å². The van der Waals surface area contributed by atoms with E-state index in [1.165, 1.54) is 24.3 Å². The van der Waals surface area contributed by atoms with Crippen LogP contribution >= 0.6 is 23.2 Å². The molecule has 0 aliphatic carbocycles. The molecule has 2 N–H and O–H groups in total. The Morgan fingerprint density at radius 1 is 1.32 bits per heavy atom. The van der Waals surface area contributed by atoms with Crippen LogP contribution in [0.15, 0.2) is 30.9 Å². The number of carbonyl (C=O) groups is 2. The first-order valence-electron chi connectivity index (χ1n) is 5.52. The molecule has 0 spiro atoms. The van der Waals surface area contributed by atoms with Crippen molar-refractivity contribution in [2.24, 2.45) is 5.92 Å². The molecule has 1 rings (SSSR count). The molecule has 19 heavy (non-hydrogen) atoms. The predicted molar refractivity (Wildman–Crippen MR) is 75.6 cm³/mol. The largest absolute Gasteiger partial charge is 0.481 e. The Labute approximate surface area is 121 Å². The first-order valence-corrected chi connectivity index (χ1v) is 6.27. The summed E-state index contributed by atoms with van der Waals surface area (Å²) in [5.74, 6) is -2.11. The molecule has 0 fully saturated rings. The second-order valence-electron chi connectivity index (χ2n) is 3.97. The lowest BCUT2D eigenvalue weighted by atomic mass is 10.0. The SMILES string of the molecule is C=CCC(CC(=O)O)C(=O)Nc1cc(Cl)cc(Cl)c1. The molecule has 0 aliphatic rings. The Hall–Kier alpha value is -1.52. The molecule has 1 aromatic carbocycles. The van der Waals surface area contributed by atoms with Crippen LogP contribution in [0.2, 0.25) is 10.0 Å². The minimum Gasteiger partial charge on any atom is -0.481 e. The third kappa shape index (κ3) is 5.32. The third-order valence-electron chi connectivity index (χ3n) is 2.37. The Morgan fingerprint density at radius 3 is 2.37 bits per heavy atom. The fourth-order valence-corrected chi connectivity index (χ4v) is 2.09. The van der Waals surface area contributed by atoms with E-state index < -0.39 is 17.8 Å². The van der Waals surface area contributed by atoms with Crippen LogP contribution in [0.4, 0.5) is 5.69 Å². The number of carbonyl (C=O) groups excluding carboxylic acids is 1. The molecule has 1 unspecified atom stereocenters. The lowest BCUT2D eigenvalue weighted by molar-refractivity contribution is -0.140. The van der Waals surface area contributed by atoms with Gasteiger partial charge in [-0.05, 0) is 24.6 Å². The van der Waals surface area contributed by atoms with Crippen LogP contribution in [0, 0.1) is 5.92 Å². The number of rotatable bonds is 6. The minimum atomic E-state index is -1.04. The summed E-state index contributed by atoms with van der Waals surface area (Å²) in [7, 11) is 0. The molecule has 0 saturated heterocycles. The number of carboxylic acids is 1. The Bertz CT molecular complexity index is 482. The summed E-state index contributed by atoms with van der Waals surface area (Å²) in [5.41, 5.74) is 0.432. The van der Waals surface area contributed by atoms with Crippen molar-refractivity contribution in [1.82, 2.24) is 0 Å². The summed E-state index contributed by atoms with van der Waals surface area (Å²) in [6.45, 7) is 3.51. The van der Waals surface area contributed by atoms with Gasteiger partial charge in [0.25, 0.3) is 0 Å². The molecule has 0 saturated carbocycles. The number of allylic oxidation sites excluding steroid dienone is 1. The van der Waals surface area contributed by atoms with Crippen molar-refractivity contribution in [3.05, 3.63) is 40.9 Å². The summed E-state index contributed by atoms with van der Waals surface area (Å²) in [5, 5.41) is 12.1. The highest BCUT2D eigenvalue weighted by atomic mass is 35.5. The zero-order valence-electron chi connectivity index (χ0n) is 10.0. The number of anilines is 1. The van der Waals surface area contributed by atoms with E-state index in [0.717, 1.165) is 0 Å². The second-order valence-corrected chi connectivity index (χ2v) is 4.84. The Balaban J connectivity index is 2.80. The van der Waals surface area contributed by atoms with Crippen LogP contribution in [0.1, 0.15) is 12.8 Å². The molecule has 0 radical (unpaired) electrons. The monoisotopic (exact) mass is 301 g/mol. The van der Waals surface area contributed by atoms with Gasteiger partial charge in [0.05, 0.1) is 12.3 Å². The maximum Gasteiger partial charge on any atom is 0.304 e. The van der Waals surface area contributed by atoms with Gasteiger partial charge in [-0.1, -0.05) is 29.3 Å². The average molecular weight is 302 g/mol.